The minimum Gasteiger partial charge on any atom is -0.490 e. The van der Waals surface area contributed by atoms with Gasteiger partial charge >= 0.3 is 0 Å². The second kappa shape index (κ2) is 5.91. The Morgan fingerprint density at radius 1 is 1.43 bits per heavy atom. The van der Waals surface area contributed by atoms with E-state index in [9.17, 15) is 4.39 Å². The highest BCUT2D eigenvalue weighted by molar-refractivity contribution is 5.30. The fourth-order valence-corrected chi connectivity index (χ4v) is 3.09. The fraction of sp³-hybridized carbons (Fsp3) is 0.625. The van der Waals surface area contributed by atoms with Crippen LogP contribution in [0.5, 0.6) is 5.75 Å². The smallest absolute Gasteiger partial charge is 0.131 e. The van der Waals surface area contributed by atoms with Crippen LogP contribution in [0.2, 0.25) is 0 Å². The van der Waals surface area contributed by atoms with Crippen molar-refractivity contribution < 1.29 is 18.6 Å². The minimum atomic E-state index is -0.318. The number of halogens is 1. The molecule has 1 spiro atoms. The number of rotatable bonds is 3. The van der Waals surface area contributed by atoms with Gasteiger partial charge in [-0.25, -0.2) is 4.39 Å². The Morgan fingerprint density at radius 2 is 2.29 bits per heavy atom. The molecule has 2 saturated heterocycles. The monoisotopic (exact) mass is 295 g/mol. The summed E-state index contributed by atoms with van der Waals surface area (Å²) in [7, 11) is 0. The second-order valence-electron chi connectivity index (χ2n) is 6.04. The van der Waals surface area contributed by atoms with Crippen LogP contribution in [0.1, 0.15) is 37.8 Å². The third-order valence-electron chi connectivity index (χ3n) is 4.28. The van der Waals surface area contributed by atoms with Crippen molar-refractivity contribution in [1.29, 1.82) is 0 Å². The number of ether oxygens (including phenoxy) is 3. The highest BCUT2D eigenvalue weighted by Crippen LogP contribution is 2.34. The number of nitrogens with two attached hydrogens (primary N) is 1. The summed E-state index contributed by atoms with van der Waals surface area (Å²) in [4.78, 5) is 0. The summed E-state index contributed by atoms with van der Waals surface area (Å²) < 4.78 is 31.2. The maximum atomic E-state index is 13.9. The van der Waals surface area contributed by atoms with Crippen molar-refractivity contribution in [1.82, 2.24) is 0 Å². The molecule has 0 amide bonds. The zero-order valence-electron chi connectivity index (χ0n) is 12.3. The Balaban J connectivity index is 1.67. The summed E-state index contributed by atoms with van der Waals surface area (Å²) in [6, 6.07) is 4.59. The van der Waals surface area contributed by atoms with Crippen LogP contribution in [0.15, 0.2) is 18.2 Å². The molecule has 0 radical (unpaired) electrons. The van der Waals surface area contributed by atoms with Crippen LogP contribution in [-0.2, 0) is 9.47 Å². The molecule has 2 aliphatic heterocycles. The first-order valence-electron chi connectivity index (χ1n) is 7.51. The Labute approximate surface area is 124 Å². The molecule has 116 valence electrons. The molecule has 0 aliphatic carbocycles. The number of benzene rings is 1. The van der Waals surface area contributed by atoms with E-state index >= 15 is 0 Å². The average molecular weight is 295 g/mol. The van der Waals surface area contributed by atoms with E-state index < -0.39 is 0 Å². The third-order valence-corrected chi connectivity index (χ3v) is 4.28. The predicted octanol–water partition coefficient (Wildman–Crippen LogP) is 2.56. The topological polar surface area (TPSA) is 53.7 Å². The molecule has 2 aliphatic rings. The van der Waals surface area contributed by atoms with Gasteiger partial charge in [-0.15, -0.1) is 0 Å². The van der Waals surface area contributed by atoms with Crippen LogP contribution in [0.4, 0.5) is 4.39 Å². The van der Waals surface area contributed by atoms with Gasteiger partial charge in [-0.3, -0.25) is 0 Å². The van der Waals surface area contributed by atoms with Gasteiger partial charge in [-0.1, -0.05) is 6.07 Å². The summed E-state index contributed by atoms with van der Waals surface area (Å²) in [5, 5.41) is 0. The van der Waals surface area contributed by atoms with E-state index in [-0.39, 0.29) is 23.6 Å². The summed E-state index contributed by atoms with van der Waals surface area (Å²) in [6.45, 7) is 3.80. The van der Waals surface area contributed by atoms with E-state index in [2.05, 4.69) is 0 Å². The molecule has 2 fully saturated rings. The standard InChI is InChI=1S/C16H22FNO3/c1-11(18)14-3-2-12(8-15(14)17)21-13-4-6-20-16(9-13)5-7-19-10-16/h2-3,8,11,13H,4-7,9-10,18H2,1H3/t11-,13?,16?/m1/s1. The van der Waals surface area contributed by atoms with Crippen molar-refractivity contribution in [2.75, 3.05) is 19.8 Å². The SMILES string of the molecule is C[C@@H](N)c1ccc(OC2CCOC3(CCOC3)C2)cc1F. The quantitative estimate of drug-likeness (QED) is 0.931. The van der Waals surface area contributed by atoms with E-state index in [0.29, 0.717) is 24.5 Å². The molecule has 0 aromatic heterocycles. The van der Waals surface area contributed by atoms with Gasteiger partial charge in [0.25, 0.3) is 0 Å². The number of hydrogen-bond acceptors (Lipinski definition) is 4. The van der Waals surface area contributed by atoms with Gasteiger partial charge in [-0.2, -0.15) is 0 Å². The van der Waals surface area contributed by atoms with E-state index in [1.165, 1.54) is 6.07 Å². The van der Waals surface area contributed by atoms with Crippen molar-refractivity contribution >= 4 is 0 Å². The van der Waals surface area contributed by atoms with Gasteiger partial charge in [0.2, 0.25) is 0 Å². The molecule has 3 rings (SSSR count). The zero-order valence-corrected chi connectivity index (χ0v) is 12.3. The summed E-state index contributed by atoms with van der Waals surface area (Å²) in [5.41, 5.74) is 6.02. The maximum Gasteiger partial charge on any atom is 0.131 e. The molecule has 2 N–H and O–H groups in total. The molecule has 1 aromatic carbocycles. The van der Waals surface area contributed by atoms with Crippen molar-refractivity contribution in [3.63, 3.8) is 0 Å². The molecule has 1 aromatic rings. The second-order valence-corrected chi connectivity index (χ2v) is 6.04. The molecular formula is C16H22FNO3. The summed E-state index contributed by atoms with van der Waals surface area (Å²) in [6.07, 6.45) is 2.56. The lowest BCUT2D eigenvalue weighted by Gasteiger charge is -2.37. The van der Waals surface area contributed by atoms with Gasteiger partial charge in [0.15, 0.2) is 0 Å². The van der Waals surface area contributed by atoms with Gasteiger partial charge in [0.05, 0.1) is 18.8 Å². The van der Waals surface area contributed by atoms with Crippen LogP contribution >= 0.6 is 0 Å². The highest BCUT2D eigenvalue weighted by Gasteiger charge is 2.41. The van der Waals surface area contributed by atoms with Crippen molar-refractivity contribution in [2.45, 2.75) is 43.9 Å². The van der Waals surface area contributed by atoms with Gasteiger partial charge in [0, 0.05) is 43.5 Å². The van der Waals surface area contributed by atoms with Crippen molar-refractivity contribution in [2.24, 2.45) is 5.73 Å². The van der Waals surface area contributed by atoms with Crippen molar-refractivity contribution in [3.05, 3.63) is 29.6 Å². The Hall–Kier alpha value is -1.17. The molecule has 0 bridgehead atoms. The van der Waals surface area contributed by atoms with E-state index in [1.54, 1.807) is 19.1 Å². The van der Waals surface area contributed by atoms with Gasteiger partial charge in [-0.05, 0) is 13.0 Å². The Kier molecular flexibility index (Phi) is 4.15. The van der Waals surface area contributed by atoms with Crippen LogP contribution in [0, 0.1) is 5.82 Å². The molecule has 4 nitrogen and oxygen atoms in total. The van der Waals surface area contributed by atoms with Crippen LogP contribution in [0.25, 0.3) is 0 Å². The third kappa shape index (κ3) is 3.20. The first-order valence-corrected chi connectivity index (χ1v) is 7.51. The van der Waals surface area contributed by atoms with E-state index in [0.717, 1.165) is 25.9 Å². The normalized spacial score (nSPS) is 30.5. The maximum absolute atomic E-state index is 13.9. The highest BCUT2D eigenvalue weighted by atomic mass is 19.1. The molecule has 5 heteroatoms. The lowest BCUT2D eigenvalue weighted by Crippen LogP contribution is -2.44. The molecule has 2 heterocycles. The van der Waals surface area contributed by atoms with Crippen LogP contribution in [-0.4, -0.2) is 31.5 Å². The van der Waals surface area contributed by atoms with E-state index in [1.807, 2.05) is 0 Å². The average Bonchev–Trinajstić information content (AvgIpc) is 2.86. The molecular weight excluding hydrogens is 273 g/mol. The van der Waals surface area contributed by atoms with E-state index in [4.69, 9.17) is 19.9 Å². The van der Waals surface area contributed by atoms with Gasteiger partial charge in [0.1, 0.15) is 17.7 Å². The first kappa shape index (κ1) is 14.8. The molecule has 2 unspecified atom stereocenters. The fourth-order valence-electron chi connectivity index (χ4n) is 3.09. The number of hydrogen-bond donors (Lipinski definition) is 1. The largest absolute Gasteiger partial charge is 0.490 e. The lowest BCUT2D eigenvalue weighted by molar-refractivity contribution is -0.112. The van der Waals surface area contributed by atoms with Gasteiger partial charge < -0.3 is 19.9 Å². The summed E-state index contributed by atoms with van der Waals surface area (Å²) >= 11 is 0. The summed E-state index contributed by atoms with van der Waals surface area (Å²) in [5.74, 6) is 0.242. The minimum absolute atomic E-state index is 0.0426. The van der Waals surface area contributed by atoms with Crippen molar-refractivity contribution in [3.8, 4) is 5.75 Å². The Bertz CT molecular complexity index is 500. The van der Waals surface area contributed by atoms with Crippen LogP contribution < -0.4 is 10.5 Å². The lowest BCUT2D eigenvalue weighted by atomic mass is 9.91. The first-order chi connectivity index (χ1) is 10.1. The molecule has 3 atom stereocenters. The Morgan fingerprint density at radius 3 is 2.95 bits per heavy atom. The molecule has 21 heavy (non-hydrogen) atoms. The molecule has 0 saturated carbocycles. The zero-order chi connectivity index (χ0) is 14.9. The van der Waals surface area contributed by atoms with Crippen LogP contribution in [0.3, 0.4) is 0 Å². The predicted molar refractivity (Wildman–Crippen MR) is 76.8 cm³/mol.